The summed E-state index contributed by atoms with van der Waals surface area (Å²) < 4.78 is 8.83. The van der Waals surface area contributed by atoms with E-state index in [0.717, 1.165) is 11.4 Å². The van der Waals surface area contributed by atoms with Gasteiger partial charge in [-0.15, -0.1) is 21.5 Å². The zero-order valence-corrected chi connectivity index (χ0v) is 19.5. The summed E-state index contributed by atoms with van der Waals surface area (Å²) in [7, 11) is 0. The summed E-state index contributed by atoms with van der Waals surface area (Å²) in [5, 5.41) is 10.7. The van der Waals surface area contributed by atoms with E-state index < -0.39 is 0 Å². The molecule has 31 heavy (non-hydrogen) atoms. The Labute approximate surface area is 188 Å². The minimum absolute atomic E-state index is 0.0832. The van der Waals surface area contributed by atoms with Gasteiger partial charge in [-0.05, 0) is 30.0 Å². The van der Waals surface area contributed by atoms with Gasteiger partial charge in [0.05, 0.1) is 5.69 Å². The number of ether oxygens (including phenoxy) is 1. The van der Waals surface area contributed by atoms with E-state index in [0.29, 0.717) is 27.4 Å². The third-order valence-corrected chi connectivity index (χ3v) is 6.72. The molecule has 0 aliphatic carbocycles. The molecule has 10 heteroatoms. The van der Waals surface area contributed by atoms with Crippen LogP contribution in [-0.4, -0.2) is 24.3 Å². The summed E-state index contributed by atoms with van der Waals surface area (Å²) in [6.07, 6.45) is 0. The molecule has 0 atom stereocenters. The van der Waals surface area contributed by atoms with Crippen molar-refractivity contribution >= 4 is 28.1 Å². The fourth-order valence-corrected chi connectivity index (χ4v) is 4.68. The number of aromatic nitrogens is 5. The van der Waals surface area contributed by atoms with Crippen molar-refractivity contribution < 1.29 is 4.74 Å². The normalized spacial score (nSPS) is 11.9. The van der Waals surface area contributed by atoms with Crippen molar-refractivity contribution in [3.05, 3.63) is 68.8 Å². The smallest absolute Gasteiger partial charge is 0.258 e. The maximum Gasteiger partial charge on any atom is 0.258 e. The molecule has 0 saturated carbocycles. The van der Waals surface area contributed by atoms with Crippen molar-refractivity contribution in [2.24, 2.45) is 0 Å². The van der Waals surface area contributed by atoms with Crippen molar-refractivity contribution in [3.8, 4) is 5.75 Å². The number of rotatable bonds is 6. The number of thiazole rings is 1. The first-order valence-electron chi connectivity index (χ1n) is 9.74. The van der Waals surface area contributed by atoms with Crippen molar-refractivity contribution in [3.63, 3.8) is 0 Å². The molecule has 1 aromatic carbocycles. The molecule has 2 N–H and O–H groups in total. The number of nitrogens with two attached hydrogens (primary N) is 1. The highest BCUT2D eigenvalue weighted by Crippen LogP contribution is 2.25. The number of hydrogen-bond donors (Lipinski definition) is 1. The fraction of sp³-hybridized carbons (Fsp3) is 0.333. The van der Waals surface area contributed by atoms with Crippen LogP contribution in [-0.2, 0) is 17.8 Å². The van der Waals surface area contributed by atoms with Gasteiger partial charge in [0.15, 0.2) is 10.8 Å². The summed E-state index contributed by atoms with van der Waals surface area (Å²) in [5.41, 5.74) is 2.81. The van der Waals surface area contributed by atoms with Crippen LogP contribution in [0, 0.1) is 6.92 Å². The molecule has 162 valence electrons. The quantitative estimate of drug-likeness (QED) is 0.350. The SMILES string of the molecule is Cc1csc2nc(CSc3nnc(COc4ccc(C(C)(C)C)cc4)n3N)cc(=O)n12. The average molecular weight is 457 g/mol. The van der Waals surface area contributed by atoms with Gasteiger partial charge in [0.2, 0.25) is 5.16 Å². The number of hydrogen-bond acceptors (Lipinski definition) is 8. The van der Waals surface area contributed by atoms with Crippen LogP contribution in [0.25, 0.3) is 4.96 Å². The predicted octanol–water partition coefficient (Wildman–Crippen LogP) is 3.54. The van der Waals surface area contributed by atoms with Gasteiger partial charge >= 0.3 is 0 Å². The topological polar surface area (TPSA) is 100 Å². The lowest BCUT2D eigenvalue weighted by atomic mass is 9.87. The molecule has 0 aliphatic heterocycles. The van der Waals surface area contributed by atoms with Crippen molar-refractivity contribution in [2.45, 2.75) is 50.6 Å². The largest absolute Gasteiger partial charge is 0.486 e. The molecule has 0 saturated heterocycles. The molecule has 4 aromatic rings. The Morgan fingerprint density at radius 2 is 1.94 bits per heavy atom. The number of aryl methyl sites for hydroxylation is 1. The highest BCUT2D eigenvalue weighted by Gasteiger charge is 2.15. The molecular weight excluding hydrogens is 432 g/mol. The first-order chi connectivity index (χ1) is 14.7. The summed E-state index contributed by atoms with van der Waals surface area (Å²) in [5.74, 6) is 7.87. The van der Waals surface area contributed by atoms with Crippen LogP contribution in [0.3, 0.4) is 0 Å². The van der Waals surface area contributed by atoms with Crippen LogP contribution in [0.4, 0.5) is 0 Å². The van der Waals surface area contributed by atoms with Crippen LogP contribution in [0.2, 0.25) is 0 Å². The Bertz CT molecular complexity index is 1270. The van der Waals surface area contributed by atoms with E-state index in [1.165, 1.54) is 33.3 Å². The molecule has 8 nitrogen and oxygen atoms in total. The summed E-state index contributed by atoms with van der Waals surface area (Å²) in [4.78, 5) is 17.5. The van der Waals surface area contributed by atoms with Gasteiger partial charge in [0.1, 0.15) is 12.4 Å². The first-order valence-corrected chi connectivity index (χ1v) is 11.6. The number of thioether (sulfide) groups is 1. The van der Waals surface area contributed by atoms with E-state index >= 15 is 0 Å². The lowest BCUT2D eigenvalue weighted by Crippen LogP contribution is -2.16. The van der Waals surface area contributed by atoms with Crippen LogP contribution in [0.15, 0.2) is 45.7 Å². The van der Waals surface area contributed by atoms with Crippen LogP contribution in [0.1, 0.15) is 43.5 Å². The maximum atomic E-state index is 12.3. The zero-order chi connectivity index (χ0) is 22.2. The highest BCUT2D eigenvalue weighted by molar-refractivity contribution is 7.98. The van der Waals surface area contributed by atoms with Crippen molar-refractivity contribution in [1.82, 2.24) is 24.3 Å². The van der Waals surface area contributed by atoms with E-state index in [1.54, 1.807) is 10.5 Å². The summed E-state index contributed by atoms with van der Waals surface area (Å²) >= 11 is 2.82. The molecule has 0 fully saturated rings. The second-order valence-corrected chi connectivity index (χ2v) is 9.98. The maximum absolute atomic E-state index is 12.3. The average Bonchev–Trinajstić information content (AvgIpc) is 3.27. The minimum atomic E-state index is -0.0832. The Morgan fingerprint density at radius 1 is 1.19 bits per heavy atom. The lowest BCUT2D eigenvalue weighted by Gasteiger charge is -2.19. The monoisotopic (exact) mass is 456 g/mol. The van der Waals surface area contributed by atoms with Crippen molar-refractivity contribution in [2.75, 3.05) is 5.84 Å². The molecule has 0 amide bonds. The molecule has 3 aromatic heterocycles. The van der Waals surface area contributed by atoms with Gasteiger partial charge in [-0.2, -0.15) is 0 Å². The number of benzene rings is 1. The molecule has 4 rings (SSSR count). The van der Waals surface area contributed by atoms with E-state index in [9.17, 15) is 4.79 Å². The Hall–Kier alpha value is -2.85. The number of nitrogens with zero attached hydrogens (tertiary/aromatic N) is 5. The molecular formula is C21H24N6O2S2. The third kappa shape index (κ3) is 4.59. The van der Waals surface area contributed by atoms with Crippen LogP contribution >= 0.6 is 23.1 Å². The van der Waals surface area contributed by atoms with E-state index in [2.05, 4.69) is 48.1 Å². The fourth-order valence-electron chi connectivity index (χ4n) is 3.02. The second kappa shape index (κ2) is 8.35. The van der Waals surface area contributed by atoms with E-state index in [1.807, 2.05) is 24.4 Å². The van der Waals surface area contributed by atoms with Gasteiger partial charge < -0.3 is 10.6 Å². The Morgan fingerprint density at radius 3 is 2.65 bits per heavy atom. The Kier molecular flexibility index (Phi) is 5.76. The predicted molar refractivity (Wildman–Crippen MR) is 123 cm³/mol. The number of nitrogen functional groups attached to an aromatic ring is 1. The van der Waals surface area contributed by atoms with Gasteiger partial charge in [-0.25, -0.2) is 9.66 Å². The first kappa shape index (κ1) is 21.4. The van der Waals surface area contributed by atoms with Crippen LogP contribution < -0.4 is 16.1 Å². The minimum Gasteiger partial charge on any atom is -0.486 e. The van der Waals surface area contributed by atoms with Crippen LogP contribution in [0.5, 0.6) is 5.75 Å². The molecule has 0 unspecified atom stereocenters. The van der Waals surface area contributed by atoms with E-state index in [4.69, 9.17) is 10.6 Å². The van der Waals surface area contributed by atoms with Gasteiger partial charge in [0.25, 0.3) is 5.56 Å². The van der Waals surface area contributed by atoms with Gasteiger partial charge in [-0.3, -0.25) is 9.20 Å². The summed E-state index contributed by atoms with van der Waals surface area (Å²) in [6.45, 7) is 8.61. The molecule has 0 radical (unpaired) electrons. The lowest BCUT2D eigenvalue weighted by molar-refractivity contribution is 0.291. The molecule has 3 heterocycles. The molecule has 0 aliphatic rings. The highest BCUT2D eigenvalue weighted by atomic mass is 32.2. The van der Waals surface area contributed by atoms with Gasteiger partial charge in [-0.1, -0.05) is 44.7 Å². The Balaban J connectivity index is 1.40. The number of fused-ring (bicyclic) bond motifs is 1. The second-order valence-electron chi connectivity index (χ2n) is 8.20. The van der Waals surface area contributed by atoms with E-state index in [-0.39, 0.29) is 17.6 Å². The van der Waals surface area contributed by atoms with Gasteiger partial charge in [0, 0.05) is 22.9 Å². The standard InChI is InChI=1S/C21H24N6O2S2/c1-13-11-30-19-23-15(9-18(28)26(13)19)12-31-20-25-24-17(27(20)22)10-29-16-7-5-14(6-8-16)21(2,3)4/h5-9,11H,10,12,22H2,1-4H3. The van der Waals surface area contributed by atoms with Crippen molar-refractivity contribution in [1.29, 1.82) is 0 Å². The third-order valence-electron chi connectivity index (χ3n) is 4.80. The molecule has 0 bridgehead atoms. The zero-order valence-electron chi connectivity index (χ0n) is 17.8. The molecule has 0 spiro atoms. The summed E-state index contributed by atoms with van der Waals surface area (Å²) in [6, 6.07) is 9.55.